The fraction of sp³-hybridized carbons (Fsp3) is 0.143. The number of aromatic nitrogens is 1. The molecule has 1 heterocycles. The van der Waals surface area contributed by atoms with E-state index in [0.717, 1.165) is 18.2 Å². The molecule has 1 aromatic carbocycles. The van der Waals surface area contributed by atoms with Crippen LogP contribution in [0.5, 0.6) is 0 Å². The molecule has 0 saturated heterocycles. The number of alkyl halides is 3. The van der Waals surface area contributed by atoms with Gasteiger partial charge in [-0.2, -0.15) is 13.2 Å². The number of nitrogens with zero attached hydrogens (tertiary/aromatic N) is 1. The van der Waals surface area contributed by atoms with Gasteiger partial charge in [0.25, 0.3) is 0 Å². The maximum absolute atomic E-state index is 12.8. The maximum Gasteiger partial charge on any atom is 0.433 e. The Bertz CT molecular complexity index is 896. The first kappa shape index (κ1) is 17.9. The van der Waals surface area contributed by atoms with E-state index in [-0.39, 0.29) is 16.9 Å². The molecule has 6 nitrogen and oxygen atoms in total. The van der Waals surface area contributed by atoms with Crippen LogP contribution in [0.2, 0.25) is 0 Å². The van der Waals surface area contributed by atoms with E-state index in [1.165, 1.54) is 25.1 Å². The van der Waals surface area contributed by atoms with Crippen molar-refractivity contribution in [3.8, 4) is 11.3 Å². The lowest BCUT2D eigenvalue weighted by molar-refractivity contribution is -0.141. The van der Waals surface area contributed by atoms with Crippen molar-refractivity contribution in [2.75, 3.05) is 5.32 Å². The second-order valence-corrected chi connectivity index (χ2v) is 6.37. The summed E-state index contributed by atoms with van der Waals surface area (Å²) in [5, 5.41) is 7.50. The lowest BCUT2D eigenvalue weighted by atomic mass is 10.1. The number of carbonyl (C=O) groups is 1. The van der Waals surface area contributed by atoms with Gasteiger partial charge in [0, 0.05) is 18.2 Å². The number of carbonyl (C=O) groups excluding carboxylic acids is 1. The fourth-order valence-corrected chi connectivity index (χ4v) is 2.76. The van der Waals surface area contributed by atoms with Gasteiger partial charge in [-0.3, -0.25) is 4.79 Å². The number of hydrogen-bond donors (Lipinski definition) is 2. The average molecular weight is 359 g/mol. The number of nitrogens with two attached hydrogens (primary N) is 1. The predicted molar refractivity (Wildman–Crippen MR) is 80.4 cm³/mol. The SMILES string of the molecule is CC(=O)Nc1ccc(-c2cccc(C(F)(F)F)n2)c(S(N)(=O)=O)c1. The molecule has 1 amide bonds. The van der Waals surface area contributed by atoms with Crippen molar-refractivity contribution in [1.29, 1.82) is 0 Å². The number of anilines is 1. The highest BCUT2D eigenvalue weighted by atomic mass is 32.2. The van der Waals surface area contributed by atoms with Gasteiger partial charge in [-0.15, -0.1) is 0 Å². The van der Waals surface area contributed by atoms with Crippen LogP contribution in [0.4, 0.5) is 18.9 Å². The molecule has 2 rings (SSSR count). The highest BCUT2D eigenvalue weighted by molar-refractivity contribution is 7.89. The van der Waals surface area contributed by atoms with E-state index in [1.807, 2.05) is 0 Å². The Morgan fingerprint density at radius 1 is 1.21 bits per heavy atom. The number of primary sulfonamides is 1. The van der Waals surface area contributed by atoms with E-state index in [4.69, 9.17) is 5.14 Å². The van der Waals surface area contributed by atoms with Crippen LogP contribution in [0.1, 0.15) is 12.6 Å². The number of halogens is 3. The number of sulfonamides is 1. The zero-order valence-corrected chi connectivity index (χ0v) is 13.1. The first-order valence-corrected chi connectivity index (χ1v) is 8.02. The summed E-state index contributed by atoms with van der Waals surface area (Å²) in [4.78, 5) is 14.1. The molecule has 0 saturated carbocycles. The number of nitrogens with one attached hydrogen (secondary N) is 1. The molecule has 24 heavy (non-hydrogen) atoms. The van der Waals surface area contributed by atoms with E-state index >= 15 is 0 Å². The third-order valence-electron chi connectivity index (χ3n) is 2.92. The molecule has 0 aliphatic heterocycles. The van der Waals surface area contributed by atoms with Gasteiger partial charge in [-0.05, 0) is 30.3 Å². The Hall–Kier alpha value is -2.46. The smallest absolute Gasteiger partial charge is 0.326 e. The van der Waals surface area contributed by atoms with Gasteiger partial charge in [0.2, 0.25) is 15.9 Å². The molecule has 0 fully saturated rings. The minimum Gasteiger partial charge on any atom is -0.326 e. The fourth-order valence-electron chi connectivity index (χ4n) is 1.99. The lowest BCUT2D eigenvalue weighted by Crippen LogP contribution is -2.15. The molecule has 1 aromatic heterocycles. The van der Waals surface area contributed by atoms with Gasteiger partial charge in [-0.25, -0.2) is 18.5 Å². The molecule has 0 radical (unpaired) electrons. The summed E-state index contributed by atoms with van der Waals surface area (Å²) in [6.07, 6.45) is -4.67. The Kier molecular flexibility index (Phi) is 4.63. The second-order valence-electron chi connectivity index (χ2n) is 4.84. The molecule has 128 valence electrons. The third kappa shape index (κ3) is 4.09. The molecule has 3 N–H and O–H groups in total. The van der Waals surface area contributed by atoms with Crippen LogP contribution in [0.3, 0.4) is 0 Å². The Morgan fingerprint density at radius 3 is 2.42 bits per heavy atom. The van der Waals surface area contributed by atoms with Crippen molar-refractivity contribution in [2.45, 2.75) is 18.0 Å². The first-order valence-electron chi connectivity index (χ1n) is 6.47. The highest BCUT2D eigenvalue weighted by Crippen LogP contribution is 2.32. The molecular formula is C14H12F3N3O3S. The van der Waals surface area contributed by atoms with Crippen LogP contribution in [0.25, 0.3) is 11.3 Å². The Labute approximate surface area is 135 Å². The topological polar surface area (TPSA) is 102 Å². The summed E-state index contributed by atoms with van der Waals surface area (Å²) in [5.74, 6) is -0.444. The van der Waals surface area contributed by atoms with Gasteiger partial charge < -0.3 is 5.32 Å². The number of benzene rings is 1. The third-order valence-corrected chi connectivity index (χ3v) is 3.87. The van der Waals surface area contributed by atoms with Crippen LogP contribution in [0, 0.1) is 0 Å². The molecule has 0 bridgehead atoms. The quantitative estimate of drug-likeness (QED) is 0.878. The van der Waals surface area contributed by atoms with Crippen molar-refractivity contribution >= 4 is 21.6 Å². The van der Waals surface area contributed by atoms with Crippen molar-refractivity contribution in [1.82, 2.24) is 4.98 Å². The van der Waals surface area contributed by atoms with Gasteiger partial charge in [0.05, 0.1) is 10.6 Å². The number of pyridine rings is 1. The van der Waals surface area contributed by atoms with Crippen LogP contribution >= 0.6 is 0 Å². The molecule has 0 aliphatic carbocycles. The van der Waals surface area contributed by atoms with Crippen molar-refractivity contribution < 1.29 is 26.4 Å². The minimum absolute atomic E-state index is 0.0993. The predicted octanol–water partition coefficient (Wildman–Crippen LogP) is 2.37. The zero-order chi connectivity index (χ0) is 18.1. The van der Waals surface area contributed by atoms with Crippen molar-refractivity contribution in [3.05, 3.63) is 42.1 Å². The van der Waals surface area contributed by atoms with E-state index < -0.39 is 32.7 Å². The second kappa shape index (κ2) is 6.21. The minimum atomic E-state index is -4.67. The summed E-state index contributed by atoms with van der Waals surface area (Å²) in [6.45, 7) is 1.22. The van der Waals surface area contributed by atoms with E-state index in [1.54, 1.807) is 0 Å². The molecule has 2 aromatic rings. The summed E-state index contributed by atoms with van der Waals surface area (Å²) in [6, 6.07) is 6.75. The summed E-state index contributed by atoms with van der Waals surface area (Å²) < 4.78 is 61.8. The van der Waals surface area contributed by atoms with Crippen LogP contribution in [0.15, 0.2) is 41.3 Å². The zero-order valence-electron chi connectivity index (χ0n) is 12.3. The summed E-state index contributed by atoms with van der Waals surface area (Å²) in [7, 11) is -4.26. The Balaban J connectivity index is 2.64. The molecular weight excluding hydrogens is 347 g/mol. The average Bonchev–Trinajstić information content (AvgIpc) is 2.45. The monoisotopic (exact) mass is 359 g/mol. The number of rotatable bonds is 3. The summed E-state index contributed by atoms with van der Waals surface area (Å²) in [5.41, 5.74) is -1.32. The highest BCUT2D eigenvalue weighted by Gasteiger charge is 2.32. The van der Waals surface area contributed by atoms with E-state index in [9.17, 15) is 26.4 Å². The largest absolute Gasteiger partial charge is 0.433 e. The number of amides is 1. The standard InChI is InChI=1S/C14H12F3N3O3S/c1-8(21)19-9-5-6-10(12(7-9)24(18,22)23)11-3-2-4-13(20-11)14(15,16)17/h2-7H,1H3,(H,19,21)(H2,18,22,23). The molecule has 0 spiro atoms. The van der Waals surface area contributed by atoms with E-state index in [0.29, 0.717) is 0 Å². The van der Waals surface area contributed by atoms with Gasteiger partial charge >= 0.3 is 6.18 Å². The normalized spacial score (nSPS) is 12.0. The van der Waals surface area contributed by atoms with Crippen molar-refractivity contribution in [3.63, 3.8) is 0 Å². The van der Waals surface area contributed by atoms with Gasteiger partial charge in [0.15, 0.2) is 0 Å². The Morgan fingerprint density at radius 2 is 1.88 bits per heavy atom. The molecule has 0 aliphatic rings. The van der Waals surface area contributed by atoms with Gasteiger partial charge in [0.1, 0.15) is 5.69 Å². The molecule has 0 atom stereocenters. The molecule has 10 heteroatoms. The van der Waals surface area contributed by atoms with Crippen LogP contribution < -0.4 is 10.5 Å². The number of hydrogen-bond acceptors (Lipinski definition) is 4. The maximum atomic E-state index is 12.8. The van der Waals surface area contributed by atoms with Crippen molar-refractivity contribution in [2.24, 2.45) is 5.14 Å². The van der Waals surface area contributed by atoms with Crippen LogP contribution in [-0.2, 0) is 21.0 Å². The van der Waals surface area contributed by atoms with Crippen LogP contribution in [-0.4, -0.2) is 19.3 Å². The first-order chi connectivity index (χ1) is 11.0. The lowest BCUT2D eigenvalue weighted by Gasteiger charge is -2.12. The summed E-state index contributed by atoms with van der Waals surface area (Å²) >= 11 is 0. The molecule has 0 unspecified atom stereocenters. The van der Waals surface area contributed by atoms with E-state index in [2.05, 4.69) is 10.3 Å². The van der Waals surface area contributed by atoms with Gasteiger partial charge in [-0.1, -0.05) is 6.07 Å².